The monoisotopic (exact) mass is 758 g/mol. The molecule has 8 aromatic carbocycles. The van der Waals surface area contributed by atoms with E-state index in [1.165, 1.54) is 138 Å². The van der Waals surface area contributed by atoms with E-state index in [1.807, 2.05) is 0 Å². The van der Waals surface area contributed by atoms with Crippen molar-refractivity contribution < 1.29 is 8.83 Å². The van der Waals surface area contributed by atoms with Crippen LogP contribution in [0.1, 0.15) is 59.1 Å². The van der Waals surface area contributed by atoms with E-state index in [9.17, 15) is 0 Å². The van der Waals surface area contributed by atoms with Crippen LogP contribution in [0.2, 0.25) is 0 Å². The molecule has 0 spiro atoms. The van der Waals surface area contributed by atoms with Crippen LogP contribution in [-0.4, -0.2) is 0 Å². The number of furan rings is 2. The smallest absolute Gasteiger partial charge is 0.143 e. The van der Waals surface area contributed by atoms with Crippen molar-refractivity contribution in [3.63, 3.8) is 0 Å². The topological polar surface area (TPSA) is 26.3 Å². The number of para-hydroxylation sites is 4. The highest BCUT2D eigenvalue weighted by Crippen LogP contribution is 2.47. The maximum atomic E-state index is 7.00. The minimum absolute atomic E-state index is 0.935. The summed E-state index contributed by atoms with van der Waals surface area (Å²) in [5, 5.41) is 4.70. The zero-order chi connectivity index (χ0) is 38.6. The maximum Gasteiger partial charge on any atom is 0.143 e. The van der Waals surface area contributed by atoms with Crippen molar-refractivity contribution in [2.75, 3.05) is 0 Å². The van der Waals surface area contributed by atoms with Gasteiger partial charge >= 0.3 is 0 Å². The number of aryl methyl sites for hydroxylation is 2. The molecule has 3 aliphatic carbocycles. The zero-order valence-corrected chi connectivity index (χ0v) is 33.0. The summed E-state index contributed by atoms with van der Waals surface area (Å²) in [6.07, 6.45) is 10.6. The number of rotatable bonds is 4. The molecule has 0 unspecified atom stereocenters. The van der Waals surface area contributed by atoms with Crippen molar-refractivity contribution in [2.24, 2.45) is 0 Å². The van der Waals surface area contributed by atoms with Gasteiger partial charge in [-0.1, -0.05) is 133 Å². The Balaban J connectivity index is 0.918. The first-order chi connectivity index (χ1) is 29.2. The van der Waals surface area contributed by atoms with Crippen molar-refractivity contribution >= 4 is 43.9 Å². The zero-order valence-electron chi connectivity index (χ0n) is 33.0. The predicted octanol–water partition coefficient (Wildman–Crippen LogP) is 15.5. The molecular formula is C57H42O2. The summed E-state index contributed by atoms with van der Waals surface area (Å²) in [5.74, 6) is 0. The Morgan fingerprint density at radius 1 is 0.288 bits per heavy atom. The van der Waals surface area contributed by atoms with Crippen molar-refractivity contribution in [1.29, 1.82) is 0 Å². The third kappa shape index (κ3) is 5.05. The molecule has 13 rings (SSSR count). The van der Waals surface area contributed by atoms with Gasteiger partial charge in [0, 0.05) is 43.8 Å². The van der Waals surface area contributed by atoms with Gasteiger partial charge in [0.05, 0.1) is 0 Å². The van der Waals surface area contributed by atoms with Gasteiger partial charge in [0.15, 0.2) is 0 Å². The number of hydrogen-bond donors (Lipinski definition) is 0. The van der Waals surface area contributed by atoms with Crippen molar-refractivity contribution in [2.45, 2.75) is 57.8 Å². The van der Waals surface area contributed by atoms with E-state index in [0.717, 1.165) is 52.7 Å². The SMILES string of the molecule is c1cc2c(c(-c3cccc4c3oc3c(-c5ccc6c(c5)-c5cc(-c7cccc8c7oc7c(-c9cccc%10c9CCCC%10)cccc78)ccc5C6)cccc34)c1)CCCC2. The summed E-state index contributed by atoms with van der Waals surface area (Å²) < 4.78 is 14.0. The van der Waals surface area contributed by atoms with Crippen LogP contribution in [0.5, 0.6) is 0 Å². The van der Waals surface area contributed by atoms with E-state index in [0.29, 0.717) is 0 Å². The van der Waals surface area contributed by atoms with E-state index in [-0.39, 0.29) is 0 Å². The van der Waals surface area contributed by atoms with E-state index in [2.05, 4.69) is 146 Å². The van der Waals surface area contributed by atoms with Gasteiger partial charge in [-0.15, -0.1) is 0 Å². The molecule has 0 radical (unpaired) electrons. The Morgan fingerprint density at radius 3 is 1.12 bits per heavy atom. The van der Waals surface area contributed by atoms with Crippen molar-refractivity contribution in [3.05, 3.63) is 179 Å². The van der Waals surface area contributed by atoms with Crippen LogP contribution in [0.25, 0.3) is 99.5 Å². The Hall–Kier alpha value is -6.64. The average molecular weight is 759 g/mol. The molecule has 0 atom stereocenters. The highest BCUT2D eigenvalue weighted by Gasteiger charge is 2.25. The molecular weight excluding hydrogens is 717 g/mol. The molecule has 2 heterocycles. The standard InChI is InChI=1S/C57H42O2/c1-3-15-40-34(11-1)13-5-19-44(40)46-21-9-25-50-48-23-7-17-42(54(48)58-56(46)50)38-29-27-36-31-37-28-30-39(33-53(37)52(36)32-38)43-18-8-24-49-51-26-10-22-47(57(51)59-55(43)49)45-20-6-14-35-12-2-4-16-41(35)45/h5-10,13-14,17-30,32-33H,1-4,11-12,15-16,31H2. The van der Waals surface area contributed by atoms with E-state index in [4.69, 9.17) is 8.83 Å². The lowest BCUT2D eigenvalue weighted by Crippen LogP contribution is -2.04. The quantitative estimate of drug-likeness (QED) is 0.179. The highest BCUT2D eigenvalue weighted by molar-refractivity contribution is 6.14. The summed E-state index contributed by atoms with van der Waals surface area (Å²) in [7, 11) is 0. The first-order valence-corrected chi connectivity index (χ1v) is 21.6. The Bertz CT molecular complexity index is 3140. The van der Waals surface area contributed by atoms with Gasteiger partial charge in [0.25, 0.3) is 0 Å². The fourth-order valence-electron chi connectivity index (χ4n) is 11.1. The fourth-order valence-corrected chi connectivity index (χ4v) is 11.1. The molecule has 2 nitrogen and oxygen atoms in total. The largest absolute Gasteiger partial charge is 0.455 e. The molecule has 10 aromatic rings. The lowest BCUT2D eigenvalue weighted by Gasteiger charge is -2.19. The number of fused-ring (bicyclic) bond motifs is 11. The molecule has 0 saturated heterocycles. The van der Waals surface area contributed by atoms with Crippen LogP contribution in [-0.2, 0) is 32.1 Å². The molecule has 0 N–H and O–H groups in total. The van der Waals surface area contributed by atoms with Gasteiger partial charge in [-0.3, -0.25) is 0 Å². The van der Waals surface area contributed by atoms with Crippen molar-refractivity contribution in [3.8, 4) is 55.6 Å². The molecule has 2 heteroatoms. The summed E-state index contributed by atoms with van der Waals surface area (Å²) in [6.45, 7) is 0. The highest BCUT2D eigenvalue weighted by atomic mass is 16.3. The van der Waals surface area contributed by atoms with Gasteiger partial charge in [-0.2, -0.15) is 0 Å². The fraction of sp³-hybridized carbons (Fsp3) is 0.158. The van der Waals surface area contributed by atoms with E-state index < -0.39 is 0 Å². The van der Waals surface area contributed by atoms with Gasteiger partial charge in [-0.05, 0) is 137 Å². The Kier molecular flexibility index (Phi) is 7.31. The molecule has 3 aliphatic rings. The lowest BCUT2D eigenvalue weighted by molar-refractivity contribution is 0.669. The molecule has 0 saturated carbocycles. The van der Waals surface area contributed by atoms with Gasteiger partial charge in [0.2, 0.25) is 0 Å². The first kappa shape index (κ1) is 33.3. The van der Waals surface area contributed by atoms with E-state index >= 15 is 0 Å². The van der Waals surface area contributed by atoms with Crippen LogP contribution >= 0.6 is 0 Å². The molecule has 282 valence electrons. The van der Waals surface area contributed by atoms with Gasteiger partial charge < -0.3 is 8.83 Å². The van der Waals surface area contributed by atoms with Gasteiger partial charge in [0.1, 0.15) is 22.3 Å². The van der Waals surface area contributed by atoms with Crippen LogP contribution in [0, 0.1) is 0 Å². The molecule has 0 aliphatic heterocycles. The minimum Gasteiger partial charge on any atom is -0.455 e. The van der Waals surface area contributed by atoms with Crippen LogP contribution in [0.3, 0.4) is 0 Å². The second kappa shape index (κ2) is 12.9. The Labute approximate surface area is 343 Å². The predicted molar refractivity (Wildman–Crippen MR) is 244 cm³/mol. The average Bonchev–Trinajstić information content (AvgIpc) is 4.00. The first-order valence-electron chi connectivity index (χ1n) is 21.6. The third-order valence-corrected chi connectivity index (χ3v) is 13.9. The van der Waals surface area contributed by atoms with Crippen molar-refractivity contribution in [1.82, 2.24) is 0 Å². The summed E-state index contributed by atoms with van der Waals surface area (Å²) in [6, 6.07) is 54.3. The lowest BCUT2D eigenvalue weighted by atomic mass is 9.85. The maximum absolute atomic E-state index is 7.00. The number of benzene rings is 8. The Morgan fingerprint density at radius 2 is 0.661 bits per heavy atom. The van der Waals surface area contributed by atoms with E-state index in [1.54, 1.807) is 0 Å². The summed E-state index contributed by atoms with van der Waals surface area (Å²) in [4.78, 5) is 0. The second-order valence-electron chi connectivity index (χ2n) is 17.2. The normalized spacial score (nSPS) is 14.5. The summed E-state index contributed by atoms with van der Waals surface area (Å²) in [5.41, 5.74) is 24.9. The summed E-state index contributed by atoms with van der Waals surface area (Å²) >= 11 is 0. The molecule has 0 fully saturated rings. The minimum atomic E-state index is 0.935. The second-order valence-corrected chi connectivity index (χ2v) is 17.2. The molecule has 59 heavy (non-hydrogen) atoms. The third-order valence-electron chi connectivity index (χ3n) is 13.9. The van der Waals surface area contributed by atoms with Crippen LogP contribution in [0.15, 0.2) is 154 Å². The molecule has 0 amide bonds. The number of hydrogen-bond acceptors (Lipinski definition) is 2. The van der Waals surface area contributed by atoms with Crippen LogP contribution < -0.4 is 0 Å². The molecule has 0 bridgehead atoms. The van der Waals surface area contributed by atoms with Crippen LogP contribution in [0.4, 0.5) is 0 Å². The van der Waals surface area contributed by atoms with Gasteiger partial charge in [-0.25, -0.2) is 0 Å². The molecule has 2 aromatic heterocycles.